The van der Waals surface area contributed by atoms with Crippen LogP contribution in [0.2, 0.25) is 0 Å². The van der Waals surface area contributed by atoms with E-state index in [1.807, 2.05) is 0 Å². The molecule has 1 aliphatic rings. The Morgan fingerprint density at radius 3 is 1.58 bits per heavy atom. The lowest BCUT2D eigenvalue weighted by Gasteiger charge is -1.79. The van der Waals surface area contributed by atoms with Gasteiger partial charge in [0.05, 0.1) is 6.26 Å². The van der Waals surface area contributed by atoms with Crippen molar-refractivity contribution in [2.75, 3.05) is 6.26 Å². The van der Waals surface area contributed by atoms with Gasteiger partial charge in [-0.1, -0.05) is 0 Å². The van der Waals surface area contributed by atoms with E-state index >= 15 is 0 Å². The van der Waals surface area contributed by atoms with Gasteiger partial charge in [0.1, 0.15) is 0 Å². The molecule has 1 aliphatic heterocycles. The third-order valence-corrected chi connectivity index (χ3v) is 0.858. The van der Waals surface area contributed by atoms with Crippen LogP contribution in [0.4, 0.5) is 0 Å². The molecule has 70 valence electrons. The highest BCUT2D eigenvalue weighted by Crippen LogP contribution is 1.95. The summed E-state index contributed by atoms with van der Waals surface area (Å²) in [5.74, 6) is -0.296. The van der Waals surface area contributed by atoms with Crippen LogP contribution in [0.15, 0.2) is 0 Å². The summed E-state index contributed by atoms with van der Waals surface area (Å²) in [6, 6.07) is 0. The second-order valence-electron chi connectivity index (χ2n) is 2.20. The van der Waals surface area contributed by atoms with Crippen LogP contribution in [0, 0.1) is 0 Å². The predicted molar refractivity (Wildman–Crippen MR) is 39.9 cm³/mol. The molecule has 2 N–H and O–H groups in total. The van der Waals surface area contributed by atoms with Crippen LogP contribution in [-0.2, 0) is 19.7 Å². The molecule has 0 saturated carbocycles. The molecule has 0 unspecified atom stereocenters. The summed E-state index contributed by atoms with van der Waals surface area (Å²) in [7, 11) is -3.67. The van der Waals surface area contributed by atoms with E-state index in [9.17, 15) is 18.0 Å². The van der Waals surface area contributed by atoms with Gasteiger partial charge in [-0.05, 0) is 0 Å². The first-order valence-electron chi connectivity index (χ1n) is 3.04. The topological polar surface area (TPSA) is 101 Å². The van der Waals surface area contributed by atoms with Gasteiger partial charge in [-0.25, -0.2) is 0 Å². The fourth-order valence-electron chi connectivity index (χ4n) is 0.508. The van der Waals surface area contributed by atoms with Crippen molar-refractivity contribution in [1.29, 1.82) is 0 Å². The standard InChI is InChI=1S/C4H5NO2.CH4O3S/c6-3-1-2-4(7)5-3;1-5(2,3)4/h1-2H2,(H,5,6,7);1H3,(H,2,3,4). The van der Waals surface area contributed by atoms with Crippen LogP contribution in [0.5, 0.6) is 0 Å². The molecule has 0 aromatic rings. The van der Waals surface area contributed by atoms with E-state index in [1.165, 1.54) is 0 Å². The molecule has 6 nitrogen and oxygen atoms in total. The normalized spacial score (nSPS) is 16.5. The first kappa shape index (κ1) is 11.1. The molecule has 0 aromatic carbocycles. The van der Waals surface area contributed by atoms with E-state index in [4.69, 9.17) is 4.55 Å². The Labute approximate surface area is 69.7 Å². The minimum Gasteiger partial charge on any atom is -0.296 e. The fraction of sp³-hybridized carbons (Fsp3) is 0.600. The summed E-state index contributed by atoms with van der Waals surface area (Å²) >= 11 is 0. The van der Waals surface area contributed by atoms with Crippen molar-refractivity contribution < 1.29 is 22.6 Å². The van der Waals surface area contributed by atoms with Crippen LogP contribution in [-0.4, -0.2) is 31.0 Å². The third kappa shape index (κ3) is 9.05. The average molecular weight is 195 g/mol. The van der Waals surface area contributed by atoms with Crippen LogP contribution in [0.3, 0.4) is 0 Å². The molecule has 0 atom stereocenters. The highest BCUT2D eigenvalue weighted by molar-refractivity contribution is 7.85. The van der Waals surface area contributed by atoms with Gasteiger partial charge in [0.15, 0.2) is 0 Å². The number of imide groups is 1. The van der Waals surface area contributed by atoms with Crippen LogP contribution < -0.4 is 5.32 Å². The highest BCUT2D eigenvalue weighted by Gasteiger charge is 2.15. The number of amides is 2. The maximum Gasteiger partial charge on any atom is 0.261 e. The molecular formula is C5H9NO5S. The van der Waals surface area contributed by atoms with E-state index in [1.54, 1.807) is 0 Å². The lowest BCUT2D eigenvalue weighted by atomic mass is 10.4. The first-order chi connectivity index (χ1) is 5.29. The summed E-state index contributed by atoms with van der Waals surface area (Å²) < 4.78 is 25.9. The van der Waals surface area contributed by atoms with Crippen LogP contribution >= 0.6 is 0 Å². The molecule has 7 heteroatoms. The Morgan fingerprint density at radius 1 is 1.25 bits per heavy atom. The minimum atomic E-state index is -3.67. The van der Waals surface area contributed by atoms with Gasteiger partial charge in [-0.3, -0.25) is 19.5 Å². The van der Waals surface area contributed by atoms with Crippen molar-refractivity contribution in [2.45, 2.75) is 12.8 Å². The van der Waals surface area contributed by atoms with Gasteiger partial charge < -0.3 is 0 Å². The quantitative estimate of drug-likeness (QED) is 0.378. The largest absolute Gasteiger partial charge is 0.296 e. The van der Waals surface area contributed by atoms with Gasteiger partial charge in [0.25, 0.3) is 10.1 Å². The Hall–Kier alpha value is -0.950. The second kappa shape index (κ2) is 4.17. The molecule has 0 radical (unpaired) electrons. The van der Waals surface area contributed by atoms with Gasteiger partial charge in [-0.15, -0.1) is 0 Å². The predicted octanol–water partition coefficient (Wildman–Crippen LogP) is -1.07. The van der Waals surface area contributed by atoms with Crippen molar-refractivity contribution in [3.05, 3.63) is 0 Å². The van der Waals surface area contributed by atoms with E-state index in [-0.39, 0.29) is 11.8 Å². The van der Waals surface area contributed by atoms with E-state index in [2.05, 4.69) is 5.32 Å². The van der Waals surface area contributed by atoms with E-state index in [0.717, 1.165) is 0 Å². The SMILES string of the molecule is CS(=O)(=O)O.O=C1CCC(=O)N1. The molecule has 1 saturated heterocycles. The van der Waals surface area contributed by atoms with Crippen molar-refractivity contribution in [1.82, 2.24) is 5.32 Å². The molecular weight excluding hydrogens is 186 g/mol. The Morgan fingerprint density at radius 2 is 1.50 bits per heavy atom. The Kier molecular flexibility index (Phi) is 3.84. The maximum absolute atomic E-state index is 10.1. The molecule has 0 bridgehead atoms. The number of hydrogen-bond acceptors (Lipinski definition) is 4. The van der Waals surface area contributed by atoms with E-state index < -0.39 is 10.1 Å². The molecule has 1 rings (SSSR count). The zero-order chi connectivity index (χ0) is 9.78. The molecule has 12 heavy (non-hydrogen) atoms. The van der Waals surface area contributed by atoms with Crippen molar-refractivity contribution in [3.8, 4) is 0 Å². The second-order valence-corrected chi connectivity index (χ2v) is 3.67. The van der Waals surface area contributed by atoms with Crippen molar-refractivity contribution in [3.63, 3.8) is 0 Å². The summed E-state index contributed by atoms with van der Waals surface area (Å²) in [5, 5.41) is 2.14. The smallest absolute Gasteiger partial charge is 0.261 e. The van der Waals surface area contributed by atoms with Crippen LogP contribution in [0.1, 0.15) is 12.8 Å². The summed E-state index contributed by atoms with van der Waals surface area (Å²) in [5.41, 5.74) is 0. The summed E-state index contributed by atoms with van der Waals surface area (Å²) in [4.78, 5) is 20.2. The third-order valence-electron chi connectivity index (χ3n) is 0.858. The number of carbonyl (C=O) groups is 2. The lowest BCUT2D eigenvalue weighted by molar-refractivity contribution is -0.124. The first-order valence-corrected chi connectivity index (χ1v) is 4.89. The van der Waals surface area contributed by atoms with Crippen molar-refractivity contribution >= 4 is 21.9 Å². The van der Waals surface area contributed by atoms with Gasteiger partial charge in [0, 0.05) is 12.8 Å². The number of nitrogens with one attached hydrogen (secondary N) is 1. The fourth-order valence-corrected chi connectivity index (χ4v) is 0.508. The molecule has 2 amide bonds. The monoisotopic (exact) mass is 195 g/mol. The van der Waals surface area contributed by atoms with Crippen molar-refractivity contribution in [2.24, 2.45) is 0 Å². The zero-order valence-corrected chi connectivity index (χ0v) is 7.22. The molecule has 0 aliphatic carbocycles. The summed E-state index contributed by atoms with van der Waals surface area (Å²) in [6.07, 6.45) is 1.46. The molecule has 1 fully saturated rings. The molecule has 0 aromatic heterocycles. The number of rotatable bonds is 0. The lowest BCUT2D eigenvalue weighted by Crippen LogP contribution is -2.18. The zero-order valence-electron chi connectivity index (χ0n) is 6.40. The highest BCUT2D eigenvalue weighted by atomic mass is 32.2. The molecule has 0 spiro atoms. The van der Waals surface area contributed by atoms with Crippen LogP contribution in [0.25, 0.3) is 0 Å². The van der Waals surface area contributed by atoms with E-state index in [0.29, 0.717) is 19.1 Å². The van der Waals surface area contributed by atoms with Gasteiger partial charge >= 0.3 is 0 Å². The summed E-state index contributed by atoms with van der Waals surface area (Å²) in [6.45, 7) is 0. The average Bonchev–Trinajstić information content (AvgIpc) is 2.09. The Balaban J connectivity index is 0.000000217. The Bertz CT molecular complexity index is 258. The van der Waals surface area contributed by atoms with Gasteiger partial charge in [-0.2, -0.15) is 8.42 Å². The van der Waals surface area contributed by atoms with Gasteiger partial charge in [0.2, 0.25) is 11.8 Å². The molecule has 1 heterocycles. The number of carbonyl (C=O) groups excluding carboxylic acids is 2. The maximum atomic E-state index is 10.1. The minimum absolute atomic E-state index is 0.148. The number of hydrogen-bond donors (Lipinski definition) is 2.